The summed E-state index contributed by atoms with van der Waals surface area (Å²) < 4.78 is 10.5. The number of para-hydroxylation sites is 2. The van der Waals surface area contributed by atoms with Gasteiger partial charge in [0, 0.05) is 33.1 Å². The normalized spacial score (nSPS) is 9.58. The Kier molecular flexibility index (Phi) is 9.88. The van der Waals surface area contributed by atoms with Gasteiger partial charge in [0.2, 0.25) is 5.91 Å². The van der Waals surface area contributed by atoms with Crippen LogP contribution in [0.5, 0.6) is 5.75 Å². The Morgan fingerprint density at radius 1 is 1.32 bits per heavy atom. The molecule has 1 aromatic carbocycles. The fraction of sp³-hybridized carbons (Fsp3) is 0.462. The second-order valence-electron chi connectivity index (χ2n) is 3.78. The van der Waals surface area contributed by atoms with Crippen molar-refractivity contribution >= 4 is 24.0 Å². The van der Waals surface area contributed by atoms with Gasteiger partial charge in [0.05, 0.1) is 12.3 Å². The number of carbonyl (C=O) groups excluding carboxylic acids is 1. The van der Waals surface area contributed by atoms with Crippen molar-refractivity contribution in [1.82, 2.24) is 0 Å². The number of methoxy groups -OCH3 is 1. The summed E-state index contributed by atoms with van der Waals surface area (Å²) in [4.78, 5) is 11.5. The maximum atomic E-state index is 11.5. The zero-order valence-electron chi connectivity index (χ0n) is 11.1. The van der Waals surface area contributed by atoms with Gasteiger partial charge in [-0.25, -0.2) is 0 Å². The monoisotopic (exact) mass is 288 g/mol. The van der Waals surface area contributed by atoms with Crippen molar-refractivity contribution in [3.8, 4) is 5.75 Å². The molecule has 0 radical (unpaired) electrons. The average Bonchev–Trinajstić information content (AvgIpc) is 2.37. The summed E-state index contributed by atoms with van der Waals surface area (Å²) >= 11 is 0. The zero-order valence-corrected chi connectivity index (χ0v) is 11.9. The van der Waals surface area contributed by atoms with E-state index in [2.05, 4.69) is 5.32 Å². The largest absolute Gasteiger partial charge is 0.491 e. The van der Waals surface area contributed by atoms with Gasteiger partial charge >= 0.3 is 0 Å². The molecule has 3 N–H and O–H groups in total. The van der Waals surface area contributed by atoms with Gasteiger partial charge in [-0.15, -0.1) is 12.4 Å². The molecule has 5 nitrogen and oxygen atoms in total. The van der Waals surface area contributed by atoms with Crippen LogP contribution in [0.2, 0.25) is 0 Å². The zero-order chi connectivity index (χ0) is 13.2. The number of nitrogens with two attached hydrogens (primary N) is 1. The fourth-order valence-corrected chi connectivity index (χ4v) is 1.42. The highest BCUT2D eigenvalue weighted by Gasteiger charge is 2.06. The van der Waals surface area contributed by atoms with Crippen LogP contribution >= 0.6 is 12.4 Å². The van der Waals surface area contributed by atoms with Crippen LogP contribution in [0.3, 0.4) is 0 Å². The van der Waals surface area contributed by atoms with E-state index in [4.69, 9.17) is 15.2 Å². The lowest BCUT2D eigenvalue weighted by molar-refractivity contribution is -0.116. The summed E-state index contributed by atoms with van der Waals surface area (Å²) in [5.74, 6) is 0.560. The number of amides is 1. The molecule has 1 aromatic rings. The summed E-state index contributed by atoms with van der Waals surface area (Å²) in [7, 11) is 1.65. The van der Waals surface area contributed by atoms with Crippen LogP contribution in [-0.2, 0) is 9.53 Å². The van der Waals surface area contributed by atoms with Crippen LogP contribution < -0.4 is 15.8 Å². The van der Waals surface area contributed by atoms with Crippen molar-refractivity contribution in [1.29, 1.82) is 0 Å². The number of ether oxygens (including phenoxy) is 2. The molecule has 0 spiro atoms. The first-order chi connectivity index (χ1) is 8.77. The van der Waals surface area contributed by atoms with E-state index in [9.17, 15) is 4.79 Å². The number of hydrogen-bond donors (Lipinski definition) is 2. The van der Waals surface area contributed by atoms with Gasteiger partial charge in [-0.3, -0.25) is 4.79 Å². The molecule has 1 amide bonds. The molecule has 6 heteroatoms. The van der Waals surface area contributed by atoms with E-state index in [1.165, 1.54) is 0 Å². The number of anilines is 1. The Labute approximate surface area is 119 Å². The SMILES string of the molecule is COCCCOc1ccccc1NC(=O)CCN.Cl. The Balaban J connectivity index is 0.00000324. The number of halogens is 1. The van der Waals surface area contributed by atoms with Gasteiger partial charge in [0.1, 0.15) is 5.75 Å². The summed E-state index contributed by atoms with van der Waals surface area (Å²) in [6, 6.07) is 7.34. The molecule has 0 saturated heterocycles. The molecule has 0 aliphatic carbocycles. The van der Waals surface area contributed by atoms with Gasteiger partial charge in [0.15, 0.2) is 0 Å². The topological polar surface area (TPSA) is 73.6 Å². The van der Waals surface area contributed by atoms with Crippen molar-refractivity contribution < 1.29 is 14.3 Å². The molecular formula is C13H21ClN2O3. The first-order valence-electron chi connectivity index (χ1n) is 5.98. The predicted octanol–water partition coefficient (Wildman–Crippen LogP) is 1.81. The second-order valence-corrected chi connectivity index (χ2v) is 3.78. The summed E-state index contributed by atoms with van der Waals surface area (Å²) in [5.41, 5.74) is 6.00. The van der Waals surface area contributed by atoms with E-state index in [-0.39, 0.29) is 18.3 Å². The minimum Gasteiger partial charge on any atom is -0.491 e. The molecular weight excluding hydrogens is 268 g/mol. The van der Waals surface area contributed by atoms with Gasteiger partial charge in [-0.05, 0) is 12.1 Å². The highest BCUT2D eigenvalue weighted by Crippen LogP contribution is 2.23. The van der Waals surface area contributed by atoms with Crippen molar-refractivity contribution in [3.63, 3.8) is 0 Å². The minimum atomic E-state index is -0.106. The lowest BCUT2D eigenvalue weighted by atomic mass is 10.2. The third kappa shape index (κ3) is 7.00. The Morgan fingerprint density at radius 2 is 2.05 bits per heavy atom. The number of nitrogens with one attached hydrogen (secondary N) is 1. The van der Waals surface area contributed by atoms with E-state index in [0.29, 0.717) is 37.6 Å². The summed E-state index contributed by atoms with van der Waals surface area (Å²) in [6.45, 7) is 1.54. The quantitative estimate of drug-likeness (QED) is 0.716. The third-order valence-electron chi connectivity index (χ3n) is 2.28. The van der Waals surface area contributed by atoms with Crippen molar-refractivity contribution in [2.45, 2.75) is 12.8 Å². The maximum absolute atomic E-state index is 11.5. The van der Waals surface area contributed by atoms with Crippen LogP contribution in [-0.4, -0.2) is 32.8 Å². The number of rotatable bonds is 8. The smallest absolute Gasteiger partial charge is 0.225 e. The van der Waals surface area contributed by atoms with Gasteiger partial charge in [-0.1, -0.05) is 12.1 Å². The lowest BCUT2D eigenvalue weighted by Gasteiger charge is -2.12. The predicted molar refractivity (Wildman–Crippen MR) is 78.0 cm³/mol. The molecule has 0 bridgehead atoms. The summed E-state index contributed by atoms with van der Waals surface area (Å²) in [6.07, 6.45) is 1.11. The van der Waals surface area contributed by atoms with Crippen LogP contribution in [0.1, 0.15) is 12.8 Å². The van der Waals surface area contributed by atoms with Crippen molar-refractivity contribution in [3.05, 3.63) is 24.3 Å². The Bertz CT molecular complexity index is 375. The molecule has 0 atom stereocenters. The van der Waals surface area contributed by atoms with E-state index < -0.39 is 0 Å². The van der Waals surface area contributed by atoms with Crippen LogP contribution in [0.4, 0.5) is 5.69 Å². The minimum absolute atomic E-state index is 0. The standard InChI is InChI=1S/C13H20N2O3.ClH/c1-17-9-4-10-18-12-6-3-2-5-11(12)15-13(16)7-8-14;/h2-3,5-6H,4,7-10,14H2,1H3,(H,15,16);1H. The van der Waals surface area contributed by atoms with E-state index in [1.807, 2.05) is 18.2 Å². The number of carbonyl (C=O) groups is 1. The van der Waals surface area contributed by atoms with Gasteiger partial charge < -0.3 is 20.5 Å². The second kappa shape index (κ2) is 10.6. The molecule has 0 aliphatic heterocycles. The molecule has 0 unspecified atom stereocenters. The number of hydrogen-bond acceptors (Lipinski definition) is 4. The van der Waals surface area contributed by atoms with E-state index in [1.54, 1.807) is 13.2 Å². The third-order valence-corrected chi connectivity index (χ3v) is 2.28. The Hall–Kier alpha value is -1.30. The molecule has 19 heavy (non-hydrogen) atoms. The van der Waals surface area contributed by atoms with Crippen molar-refractivity contribution in [2.24, 2.45) is 5.73 Å². The summed E-state index contributed by atoms with van der Waals surface area (Å²) in [5, 5.41) is 2.78. The Morgan fingerprint density at radius 3 is 2.74 bits per heavy atom. The number of benzene rings is 1. The lowest BCUT2D eigenvalue weighted by Crippen LogP contribution is -2.16. The highest BCUT2D eigenvalue weighted by atomic mass is 35.5. The van der Waals surface area contributed by atoms with Crippen LogP contribution in [0.15, 0.2) is 24.3 Å². The maximum Gasteiger partial charge on any atom is 0.225 e. The molecule has 0 saturated carbocycles. The molecule has 0 heterocycles. The fourth-order valence-electron chi connectivity index (χ4n) is 1.42. The van der Waals surface area contributed by atoms with Gasteiger partial charge in [-0.2, -0.15) is 0 Å². The first kappa shape index (κ1) is 17.7. The highest BCUT2D eigenvalue weighted by molar-refractivity contribution is 5.92. The van der Waals surface area contributed by atoms with Crippen molar-refractivity contribution in [2.75, 3.05) is 32.2 Å². The first-order valence-corrected chi connectivity index (χ1v) is 5.98. The molecule has 0 fully saturated rings. The molecule has 0 aliphatic rings. The van der Waals surface area contributed by atoms with E-state index in [0.717, 1.165) is 6.42 Å². The van der Waals surface area contributed by atoms with Gasteiger partial charge in [0.25, 0.3) is 0 Å². The van der Waals surface area contributed by atoms with Crippen LogP contribution in [0, 0.1) is 0 Å². The molecule has 108 valence electrons. The van der Waals surface area contributed by atoms with Crippen LogP contribution in [0.25, 0.3) is 0 Å². The molecule has 1 rings (SSSR count). The average molecular weight is 289 g/mol. The van der Waals surface area contributed by atoms with E-state index >= 15 is 0 Å². The molecule has 0 aromatic heterocycles.